The zero-order chi connectivity index (χ0) is 7.33. The maximum atomic E-state index is 5.34. The zero-order valence-electron chi connectivity index (χ0n) is 6.73. The average Bonchev–Trinajstić information content (AvgIpc) is 1.64. The molecule has 0 N–H and O–H groups in total. The summed E-state index contributed by atoms with van der Waals surface area (Å²) >= 11 is 0. The number of methoxy groups -OCH3 is 1. The summed E-state index contributed by atoms with van der Waals surface area (Å²) in [7, 11) is 1.68. The van der Waals surface area contributed by atoms with E-state index in [2.05, 4.69) is 0 Å². The fourth-order valence-corrected chi connectivity index (χ4v) is 0.780. The molecule has 0 atom stereocenters. The molecule has 0 heterocycles. The number of rotatable bonds is 4. The Hall–Kier alpha value is -0.0800. The first kappa shape index (κ1) is 8.92. The summed E-state index contributed by atoms with van der Waals surface area (Å²) in [6.45, 7) is 7.41. The van der Waals surface area contributed by atoms with Crippen LogP contribution < -0.4 is 0 Å². The van der Waals surface area contributed by atoms with E-state index in [1.165, 1.54) is 0 Å². The summed E-state index contributed by atoms with van der Waals surface area (Å²) < 4.78 is 10.3. The molecule has 0 saturated carbocycles. The highest BCUT2D eigenvalue weighted by Gasteiger charge is 2.15. The van der Waals surface area contributed by atoms with Crippen LogP contribution in [-0.4, -0.2) is 25.9 Å². The third-order valence-electron chi connectivity index (χ3n) is 1.03. The first-order valence-corrected chi connectivity index (χ1v) is 3.25. The molecular formula is C7H16O2. The lowest BCUT2D eigenvalue weighted by molar-refractivity contribution is -0.0593. The van der Waals surface area contributed by atoms with Crippen molar-refractivity contribution in [2.45, 2.75) is 26.4 Å². The van der Waals surface area contributed by atoms with Gasteiger partial charge in [0.25, 0.3) is 0 Å². The van der Waals surface area contributed by atoms with Crippen LogP contribution in [0.5, 0.6) is 0 Å². The van der Waals surface area contributed by atoms with Crippen LogP contribution in [0, 0.1) is 0 Å². The Morgan fingerprint density at radius 1 is 1.33 bits per heavy atom. The van der Waals surface area contributed by atoms with Gasteiger partial charge in [-0.25, -0.2) is 0 Å². The van der Waals surface area contributed by atoms with Crippen LogP contribution in [-0.2, 0) is 9.47 Å². The molecule has 0 saturated heterocycles. The van der Waals surface area contributed by atoms with Crippen LogP contribution in [0.2, 0.25) is 0 Å². The van der Waals surface area contributed by atoms with Gasteiger partial charge in [-0.3, -0.25) is 0 Å². The van der Waals surface area contributed by atoms with Crippen molar-refractivity contribution in [1.82, 2.24) is 0 Å². The Morgan fingerprint density at radius 2 is 1.89 bits per heavy atom. The minimum absolute atomic E-state index is 0.122. The molecule has 2 heteroatoms. The summed E-state index contributed by atoms with van der Waals surface area (Å²) in [5.74, 6) is 0. The second kappa shape index (κ2) is 3.85. The number of hydrogen-bond acceptors (Lipinski definition) is 2. The average molecular weight is 132 g/mol. The SMILES string of the molecule is CCOC(C)(C)COC. The summed E-state index contributed by atoms with van der Waals surface area (Å²) in [5, 5.41) is 0. The van der Waals surface area contributed by atoms with E-state index in [0.717, 1.165) is 6.61 Å². The smallest absolute Gasteiger partial charge is 0.0858 e. The summed E-state index contributed by atoms with van der Waals surface area (Å²) in [5.41, 5.74) is -0.122. The van der Waals surface area contributed by atoms with E-state index in [0.29, 0.717) is 6.61 Å². The largest absolute Gasteiger partial charge is 0.382 e. The van der Waals surface area contributed by atoms with Crippen molar-refractivity contribution in [2.24, 2.45) is 0 Å². The molecule has 0 aliphatic rings. The molecule has 0 radical (unpaired) electrons. The Morgan fingerprint density at radius 3 is 2.22 bits per heavy atom. The molecule has 9 heavy (non-hydrogen) atoms. The fourth-order valence-electron chi connectivity index (χ4n) is 0.780. The molecule has 0 aromatic heterocycles. The van der Waals surface area contributed by atoms with Crippen molar-refractivity contribution in [1.29, 1.82) is 0 Å². The lowest BCUT2D eigenvalue weighted by Gasteiger charge is -2.22. The fraction of sp³-hybridized carbons (Fsp3) is 1.00. The van der Waals surface area contributed by atoms with E-state index < -0.39 is 0 Å². The van der Waals surface area contributed by atoms with E-state index in [1.807, 2.05) is 20.8 Å². The van der Waals surface area contributed by atoms with Crippen LogP contribution in [0.3, 0.4) is 0 Å². The molecule has 0 fully saturated rings. The van der Waals surface area contributed by atoms with Crippen molar-refractivity contribution in [2.75, 3.05) is 20.3 Å². The molecule has 0 rings (SSSR count). The summed E-state index contributed by atoms with van der Waals surface area (Å²) in [4.78, 5) is 0. The van der Waals surface area contributed by atoms with Gasteiger partial charge >= 0.3 is 0 Å². The van der Waals surface area contributed by atoms with Gasteiger partial charge in [0.05, 0.1) is 12.2 Å². The molecule has 0 bridgehead atoms. The van der Waals surface area contributed by atoms with Crippen LogP contribution in [0.4, 0.5) is 0 Å². The summed E-state index contributed by atoms with van der Waals surface area (Å²) in [6.07, 6.45) is 0. The molecule has 0 aliphatic heterocycles. The van der Waals surface area contributed by atoms with Gasteiger partial charge < -0.3 is 9.47 Å². The van der Waals surface area contributed by atoms with Gasteiger partial charge in [0.2, 0.25) is 0 Å². The van der Waals surface area contributed by atoms with Crippen molar-refractivity contribution in [3.8, 4) is 0 Å². The van der Waals surface area contributed by atoms with E-state index >= 15 is 0 Å². The molecule has 0 amide bonds. The highest BCUT2D eigenvalue weighted by Crippen LogP contribution is 2.07. The van der Waals surface area contributed by atoms with Crippen LogP contribution >= 0.6 is 0 Å². The Kier molecular flexibility index (Phi) is 3.82. The second-order valence-corrected chi connectivity index (χ2v) is 2.63. The first-order chi connectivity index (χ1) is 4.12. The maximum absolute atomic E-state index is 5.34. The van der Waals surface area contributed by atoms with Gasteiger partial charge in [-0.15, -0.1) is 0 Å². The van der Waals surface area contributed by atoms with Crippen molar-refractivity contribution >= 4 is 0 Å². The van der Waals surface area contributed by atoms with Gasteiger partial charge in [0.1, 0.15) is 0 Å². The second-order valence-electron chi connectivity index (χ2n) is 2.63. The molecule has 0 aliphatic carbocycles. The number of ether oxygens (including phenoxy) is 2. The predicted octanol–water partition coefficient (Wildman–Crippen LogP) is 1.45. The topological polar surface area (TPSA) is 18.5 Å². The normalized spacial score (nSPS) is 12.0. The van der Waals surface area contributed by atoms with E-state index in [-0.39, 0.29) is 5.60 Å². The van der Waals surface area contributed by atoms with Gasteiger partial charge in [-0.2, -0.15) is 0 Å². The monoisotopic (exact) mass is 132 g/mol. The minimum atomic E-state index is -0.122. The van der Waals surface area contributed by atoms with E-state index in [9.17, 15) is 0 Å². The molecule has 2 nitrogen and oxygen atoms in total. The van der Waals surface area contributed by atoms with E-state index in [1.54, 1.807) is 7.11 Å². The van der Waals surface area contributed by atoms with Crippen LogP contribution in [0.1, 0.15) is 20.8 Å². The molecule has 0 aromatic carbocycles. The lowest BCUT2D eigenvalue weighted by Crippen LogP contribution is -2.29. The van der Waals surface area contributed by atoms with Gasteiger partial charge in [-0.1, -0.05) is 0 Å². The quantitative estimate of drug-likeness (QED) is 0.576. The molecule has 0 aromatic rings. The summed E-state index contributed by atoms with van der Waals surface area (Å²) in [6, 6.07) is 0. The third kappa shape index (κ3) is 4.43. The molecule has 56 valence electrons. The van der Waals surface area contributed by atoms with E-state index in [4.69, 9.17) is 9.47 Å². The predicted molar refractivity (Wildman–Crippen MR) is 37.6 cm³/mol. The standard InChI is InChI=1S/C7H16O2/c1-5-9-7(2,3)6-8-4/h5-6H2,1-4H3. The Labute approximate surface area is 57.2 Å². The highest BCUT2D eigenvalue weighted by molar-refractivity contribution is 4.65. The molecule has 0 spiro atoms. The Bertz CT molecular complexity index is 61.3. The highest BCUT2D eigenvalue weighted by atomic mass is 16.5. The van der Waals surface area contributed by atoms with Gasteiger partial charge in [0.15, 0.2) is 0 Å². The van der Waals surface area contributed by atoms with Gasteiger partial charge in [-0.05, 0) is 20.8 Å². The lowest BCUT2D eigenvalue weighted by atomic mass is 10.1. The zero-order valence-corrected chi connectivity index (χ0v) is 6.73. The molecule has 0 unspecified atom stereocenters. The Balaban J connectivity index is 3.43. The van der Waals surface area contributed by atoms with Crippen molar-refractivity contribution in [3.05, 3.63) is 0 Å². The van der Waals surface area contributed by atoms with Crippen LogP contribution in [0.15, 0.2) is 0 Å². The molecular weight excluding hydrogens is 116 g/mol. The third-order valence-corrected chi connectivity index (χ3v) is 1.03. The van der Waals surface area contributed by atoms with Crippen LogP contribution in [0.25, 0.3) is 0 Å². The first-order valence-electron chi connectivity index (χ1n) is 3.25. The van der Waals surface area contributed by atoms with Gasteiger partial charge in [0, 0.05) is 13.7 Å². The van der Waals surface area contributed by atoms with Crippen molar-refractivity contribution in [3.63, 3.8) is 0 Å². The minimum Gasteiger partial charge on any atom is -0.382 e. The van der Waals surface area contributed by atoms with Crippen molar-refractivity contribution < 1.29 is 9.47 Å². The number of hydrogen-bond donors (Lipinski definition) is 0. The maximum Gasteiger partial charge on any atom is 0.0858 e.